The number of halogens is 3. The molecule has 0 radical (unpaired) electrons. The van der Waals surface area contributed by atoms with E-state index in [9.17, 15) is 13.2 Å². The van der Waals surface area contributed by atoms with Gasteiger partial charge in [-0.15, -0.1) is 0 Å². The van der Waals surface area contributed by atoms with Crippen molar-refractivity contribution in [3.8, 4) is 0 Å². The van der Waals surface area contributed by atoms with Crippen LogP contribution in [0.25, 0.3) is 0 Å². The second-order valence-corrected chi connectivity index (χ2v) is 3.15. The zero-order valence-corrected chi connectivity index (χ0v) is 7.93. The SMILES string of the molecule is CCCCc1ccc(C(F)(F)F)nc1. The van der Waals surface area contributed by atoms with Gasteiger partial charge in [0.15, 0.2) is 0 Å². The third kappa shape index (κ3) is 3.01. The summed E-state index contributed by atoms with van der Waals surface area (Å²) in [6, 6.07) is 2.52. The molecule has 0 saturated carbocycles. The minimum atomic E-state index is -4.33. The maximum absolute atomic E-state index is 12.1. The van der Waals surface area contributed by atoms with Crippen molar-refractivity contribution in [3.63, 3.8) is 0 Å². The van der Waals surface area contributed by atoms with Gasteiger partial charge in [-0.2, -0.15) is 13.2 Å². The van der Waals surface area contributed by atoms with Gasteiger partial charge < -0.3 is 0 Å². The average molecular weight is 203 g/mol. The first-order valence-corrected chi connectivity index (χ1v) is 4.56. The summed E-state index contributed by atoms with van der Waals surface area (Å²) in [6.07, 6.45) is -0.225. The van der Waals surface area contributed by atoms with Crippen LogP contribution in [0.1, 0.15) is 31.0 Å². The number of aromatic nitrogens is 1. The van der Waals surface area contributed by atoms with E-state index >= 15 is 0 Å². The number of rotatable bonds is 3. The molecule has 1 aromatic heterocycles. The van der Waals surface area contributed by atoms with Gasteiger partial charge in [-0.3, -0.25) is 4.98 Å². The van der Waals surface area contributed by atoms with Crippen molar-refractivity contribution >= 4 is 0 Å². The van der Waals surface area contributed by atoms with Crippen molar-refractivity contribution in [2.45, 2.75) is 32.4 Å². The smallest absolute Gasteiger partial charge is 0.252 e. The number of nitrogens with zero attached hydrogens (tertiary/aromatic N) is 1. The van der Waals surface area contributed by atoms with Crippen molar-refractivity contribution in [3.05, 3.63) is 29.6 Å². The molecular formula is C10H12F3N. The van der Waals surface area contributed by atoms with Crippen LogP contribution in [0, 0.1) is 0 Å². The second kappa shape index (κ2) is 4.44. The molecule has 78 valence electrons. The van der Waals surface area contributed by atoms with E-state index in [-0.39, 0.29) is 0 Å². The van der Waals surface area contributed by atoms with Gasteiger partial charge in [0, 0.05) is 6.20 Å². The number of unbranched alkanes of at least 4 members (excludes halogenated alkanes) is 1. The fraction of sp³-hybridized carbons (Fsp3) is 0.500. The minimum Gasteiger partial charge on any atom is -0.252 e. The molecule has 1 aromatic rings. The largest absolute Gasteiger partial charge is 0.433 e. The summed E-state index contributed by atoms with van der Waals surface area (Å²) >= 11 is 0. The summed E-state index contributed by atoms with van der Waals surface area (Å²) in [6.45, 7) is 2.04. The molecule has 0 N–H and O–H groups in total. The van der Waals surface area contributed by atoms with Crippen LogP contribution in [0.2, 0.25) is 0 Å². The molecule has 0 spiro atoms. The Kier molecular flexibility index (Phi) is 3.49. The average Bonchev–Trinajstić information content (AvgIpc) is 2.14. The van der Waals surface area contributed by atoms with E-state index in [0.29, 0.717) is 0 Å². The van der Waals surface area contributed by atoms with Crippen LogP contribution in [0.4, 0.5) is 13.2 Å². The Morgan fingerprint density at radius 1 is 1.29 bits per heavy atom. The fourth-order valence-corrected chi connectivity index (χ4v) is 1.12. The number of hydrogen-bond donors (Lipinski definition) is 0. The molecule has 0 amide bonds. The van der Waals surface area contributed by atoms with E-state index in [0.717, 1.165) is 30.9 Å². The topological polar surface area (TPSA) is 12.9 Å². The number of pyridine rings is 1. The van der Waals surface area contributed by atoms with E-state index in [4.69, 9.17) is 0 Å². The van der Waals surface area contributed by atoms with E-state index in [2.05, 4.69) is 4.98 Å². The van der Waals surface area contributed by atoms with Gasteiger partial charge in [-0.1, -0.05) is 19.4 Å². The molecule has 4 heteroatoms. The van der Waals surface area contributed by atoms with E-state index in [1.807, 2.05) is 6.92 Å². The normalized spacial score (nSPS) is 11.7. The maximum atomic E-state index is 12.1. The zero-order valence-electron chi connectivity index (χ0n) is 7.93. The molecule has 0 aliphatic rings. The number of hydrogen-bond acceptors (Lipinski definition) is 1. The molecule has 0 unspecified atom stereocenters. The molecule has 0 aliphatic carbocycles. The van der Waals surface area contributed by atoms with Crippen LogP contribution in [0.15, 0.2) is 18.3 Å². The van der Waals surface area contributed by atoms with E-state index < -0.39 is 11.9 Å². The van der Waals surface area contributed by atoms with Crippen molar-refractivity contribution in [2.75, 3.05) is 0 Å². The van der Waals surface area contributed by atoms with Crippen LogP contribution < -0.4 is 0 Å². The first kappa shape index (κ1) is 11.0. The lowest BCUT2D eigenvalue weighted by molar-refractivity contribution is -0.141. The Bertz CT molecular complexity index is 276. The third-order valence-electron chi connectivity index (χ3n) is 1.93. The molecule has 0 aliphatic heterocycles. The van der Waals surface area contributed by atoms with Gasteiger partial charge in [0.05, 0.1) is 0 Å². The Labute approximate surface area is 81.0 Å². The van der Waals surface area contributed by atoms with Gasteiger partial charge >= 0.3 is 6.18 Å². The Hall–Kier alpha value is -1.06. The lowest BCUT2D eigenvalue weighted by Gasteiger charge is -2.05. The van der Waals surface area contributed by atoms with Crippen molar-refractivity contribution < 1.29 is 13.2 Å². The standard InChI is InChI=1S/C10H12F3N/c1-2-3-4-8-5-6-9(14-7-8)10(11,12)13/h5-7H,2-4H2,1H3. The van der Waals surface area contributed by atoms with Crippen LogP contribution in [0.3, 0.4) is 0 Å². The minimum absolute atomic E-state index is 0.793. The molecule has 1 rings (SSSR count). The predicted octanol–water partition coefficient (Wildman–Crippen LogP) is 3.44. The highest BCUT2D eigenvalue weighted by atomic mass is 19.4. The lowest BCUT2D eigenvalue weighted by atomic mass is 10.1. The Morgan fingerprint density at radius 3 is 2.43 bits per heavy atom. The summed E-state index contributed by atoms with van der Waals surface area (Å²) in [7, 11) is 0. The molecule has 1 heterocycles. The van der Waals surface area contributed by atoms with Crippen molar-refractivity contribution in [2.24, 2.45) is 0 Å². The monoisotopic (exact) mass is 203 g/mol. The molecule has 14 heavy (non-hydrogen) atoms. The highest BCUT2D eigenvalue weighted by Crippen LogP contribution is 2.27. The third-order valence-corrected chi connectivity index (χ3v) is 1.93. The van der Waals surface area contributed by atoms with E-state index in [1.54, 1.807) is 0 Å². The van der Waals surface area contributed by atoms with E-state index in [1.165, 1.54) is 12.3 Å². The van der Waals surface area contributed by atoms with Crippen molar-refractivity contribution in [1.82, 2.24) is 4.98 Å². The van der Waals surface area contributed by atoms with Crippen LogP contribution in [-0.4, -0.2) is 4.98 Å². The predicted molar refractivity (Wildman–Crippen MR) is 47.9 cm³/mol. The van der Waals surface area contributed by atoms with Gasteiger partial charge in [0.25, 0.3) is 0 Å². The number of alkyl halides is 3. The quantitative estimate of drug-likeness (QED) is 0.733. The first-order chi connectivity index (χ1) is 6.54. The molecule has 1 nitrogen and oxygen atoms in total. The van der Waals surface area contributed by atoms with Gasteiger partial charge in [0.2, 0.25) is 0 Å². The lowest BCUT2D eigenvalue weighted by Crippen LogP contribution is -2.07. The van der Waals surface area contributed by atoms with Gasteiger partial charge in [0.1, 0.15) is 5.69 Å². The molecule has 0 fully saturated rings. The van der Waals surface area contributed by atoms with Crippen LogP contribution in [0.5, 0.6) is 0 Å². The second-order valence-electron chi connectivity index (χ2n) is 3.15. The molecule has 0 aromatic carbocycles. The zero-order chi connectivity index (χ0) is 10.6. The van der Waals surface area contributed by atoms with Crippen LogP contribution in [-0.2, 0) is 12.6 Å². The highest BCUT2D eigenvalue weighted by molar-refractivity contribution is 5.15. The van der Waals surface area contributed by atoms with Gasteiger partial charge in [-0.05, 0) is 24.5 Å². The molecule has 0 bridgehead atoms. The Morgan fingerprint density at radius 2 is 2.00 bits per heavy atom. The molecule has 0 saturated heterocycles. The summed E-state index contributed by atoms with van der Waals surface area (Å²) in [4.78, 5) is 3.38. The fourth-order valence-electron chi connectivity index (χ4n) is 1.12. The highest BCUT2D eigenvalue weighted by Gasteiger charge is 2.31. The summed E-state index contributed by atoms with van der Waals surface area (Å²) in [5.74, 6) is 0. The van der Waals surface area contributed by atoms with Crippen molar-refractivity contribution in [1.29, 1.82) is 0 Å². The molecular weight excluding hydrogens is 191 g/mol. The Balaban J connectivity index is 2.69. The summed E-state index contributed by atoms with van der Waals surface area (Å²) < 4.78 is 36.3. The molecule has 0 atom stereocenters. The summed E-state index contributed by atoms with van der Waals surface area (Å²) in [5, 5.41) is 0. The summed E-state index contributed by atoms with van der Waals surface area (Å²) in [5.41, 5.74) is 0.0394. The van der Waals surface area contributed by atoms with Gasteiger partial charge in [-0.25, -0.2) is 0 Å². The maximum Gasteiger partial charge on any atom is 0.433 e. The number of aryl methyl sites for hydroxylation is 1. The van der Waals surface area contributed by atoms with Crippen LogP contribution >= 0.6 is 0 Å². The first-order valence-electron chi connectivity index (χ1n) is 4.56.